The summed E-state index contributed by atoms with van der Waals surface area (Å²) in [4.78, 5) is 0. The summed E-state index contributed by atoms with van der Waals surface area (Å²) in [5.41, 5.74) is 27.0. The highest BCUT2D eigenvalue weighted by molar-refractivity contribution is 6.25. The Morgan fingerprint density at radius 3 is 1.41 bits per heavy atom. The highest BCUT2D eigenvalue weighted by Gasteiger charge is 2.39. The number of hydrogen-bond donors (Lipinski definition) is 0. The molecule has 0 radical (unpaired) electrons. The minimum atomic E-state index is -0.197. The van der Waals surface area contributed by atoms with Crippen molar-refractivity contribution in [3.05, 3.63) is 249 Å². The Labute approximate surface area is 468 Å². The van der Waals surface area contributed by atoms with Crippen molar-refractivity contribution in [1.29, 1.82) is 0 Å². The van der Waals surface area contributed by atoms with Crippen LogP contribution in [0.1, 0.15) is 145 Å². The van der Waals surface area contributed by atoms with Crippen LogP contribution in [-0.4, -0.2) is 0 Å². The van der Waals surface area contributed by atoms with Crippen molar-refractivity contribution in [1.82, 2.24) is 0 Å². The van der Waals surface area contributed by atoms with Crippen molar-refractivity contribution in [3.63, 3.8) is 0 Å². The highest BCUT2D eigenvalue weighted by atomic mass is 14.4. The van der Waals surface area contributed by atoms with E-state index in [4.69, 9.17) is 0 Å². The molecule has 14 rings (SSSR count). The molecule has 0 fully saturated rings. The molecule has 79 heavy (non-hydrogen) atoms. The summed E-state index contributed by atoms with van der Waals surface area (Å²) in [6, 6.07) is 70.8. The molecule has 11 aromatic carbocycles. The maximum atomic E-state index is 2.52. The van der Waals surface area contributed by atoms with Gasteiger partial charge in [0, 0.05) is 16.2 Å². The van der Waals surface area contributed by atoms with Gasteiger partial charge in [0.15, 0.2) is 0 Å². The summed E-state index contributed by atoms with van der Waals surface area (Å²) >= 11 is 0. The van der Waals surface area contributed by atoms with Crippen LogP contribution in [0, 0.1) is 5.41 Å². The largest absolute Gasteiger partial charge is 0.0759 e. The molecule has 0 atom stereocenters. The third kappa shape index (κ3) is 7.68. The fraction of sp³-hybridized carbons (Fsp3) is 0.241. The summed E-state index contributed by atoms with van der Waals surface area (Å²) in [7, 11) is 0. The van der Waals surface area contributed by atoms with Crippen molar-refractivity contribution in [2.45, 2.75) is 118 Å². The van der Waals surface area contributed by atoms with Crippen LogP contribution in [0.3, 0.4) is 0 Å². The number of benzene rings is 11. The van der Waals surface area contributed by atoms with Gasteiger partial charge in [-0.15, -0.1) is 0 Å². The van der Waals surface area contributed by atoms with Gasteiger partial charge in [-0.3, -0.25) is 0 Å². The Morgan fingerprint density at radius 2 is 0.823 bits per heavy atom. The Kier molecular flexibility index (Phi) is 10.7. The van der Waals surface area contributed by atoms with Crippen LogP contribution in [0.5, 0.6) is 0 Å². The van der Waals surface area contributed by atoms with Crippen molar-refractivity contribution < 1.29 is 0 Å². The van der Waals surface area contributed by atoms with Crippen molar-refractivity contribution in [3.8, 4) is 44.5 Å². The molecular weight excluding hydrogens is 949 g/mol. The predicted molar refractivity (Wildman–Crippen MR) is 341 cm³/mol. The van der Waals surface area contributed by atoms with E-state index in [0.29, 0.717) is 0 Å². The van der Waals surface area contributed by atoms with E-state index in [1.54, 1.807) is 0 Å². The zero-order valence-electron chi connectivity index (χ0n) is 48.4. The van der Waals surface area contributed by atoms with Gasteiger partial charge in [-0.2, -0.15) is 0 Å². The number of allylic oxidation sites excluding steroid dienone is 3. The van der Waals surface area contributed by atoms with Crippen LogP contribution in [-0.2, 0) is 28.1 Å². The van der Waals surface area contributed by atoms with Gasteiger partial charge in [-0.25, -0.2) is 0 Å². The second-order valence-electron chi connectivity index (χ2n) is 27.3. The summed E-state index contributed by atoms with van der Waals surface area (Å²) in [5.74, 6) is 0. The molecular formula is C79H72. The Balaban J connectivity index is 0.704. The molecule has 0 aromatic heterocycles. The first-order valence-electron chi connectivity index (χ1n) is 29.0. The van der Waals surface area contributed by atoms with Crippen LogP contribution < -0.4 is 0 Å². The second-order valence-corrected chi connectivity index (χ2v) is 27.3. The third-order valence-electron chi connectivity index (χ3n) is 19.5. The van der Waals surface area contributed by atoms with E-state index in [9.17, 15) is 0 Å². The van der Waals surface area contributed by atoms with Gasteiger partial charge in [0.2, 0.25) is 0 Å². The summed E-state index contributed by atoms with van der Waals surface area (Å²) < 4.78 is 0. The van der Waals surface area contributed by atoms with Crippen LogP contribution in [0.2, 0.25) is 0 Å². The van der Waals surface area contributed by atoms with Gasteiger partial charge in [0.05, 0.1) is 0 Å². The van der Waals surface area contributed by atoms with Crippen LogP contribution in [0.15, 0.2) is 194 Å². The lowest BCUT2D eigenvalue weighted by Gasteiger charge is -2.32. The van der Waals surface area contributed by atoms with Crippen LogP contribution in [0.4, 0.5) is 0 Å². The second kappa shape index (κ2) is 17.1. The summed E-state index contributed by atoms with van der Waals surface area (Å²) in [6.45, 7) is 28.4. The van der Waals surface area contributed by atoms with Gasteiger partial charge in [0.1, 0.15) is 0 Å². The average Bonchev–Trinajstić information content (AvgIpc) is 3.93. The normalized spacial score (nSPS) is 15.0. The molecule has 0 heteroatoms. The van der Waals surface area contributed by atoms with E-state index >= 15 is 0 Å². The zero-order valence-corrected chi connectivity index (χ0v) is 48.4. The molecule has 0 nitrogen and oxygen atoms in total. The maximum Gasteiger partial charge on any atom is 0.0159 e. The quantitative estimate of drug-likeness (QED) is 0.140. The predicted octanol–water partition coefficient (Wildman–Crippen LogP) is 21.8. The van der Waals surface area contributed by atoms with Gasteiger partial charge in [-0.1, -0.05) is 283 Å². The van der Waals surface area contributed by atoms with E-state index in [1.165, 1.54) is 154 Å². The minimum Gasteiger partial charge on any atom is -0.0759 e. The first kappa shape index (κ1) is 49.5. The molecule has 0 heterocycles. The van der Waals surface area contributed by atoms with Gasteiger partial charge in [-0.05, 0) is 172 Å². The maximum absolute atomic E-state index is 2.52. The molecule has 0 saturated heterocycles. The first-order chi connectivity index (χ1) is 37.6. The fourth-order valence-electron chi connectivity index (χ4n) is 14.2. The Hall–Kier alpha value is -7.80. The molecule has 0 amide bonds. The molecule has 3 aliphatic rings. The SMILES string of the molecule is CC(C)(C)C1=Cc2ccc3ccc(-c4ccc(-c5ccc(C(C)(C)c6ccc7c(c6)C(C)(C)c6cc(C(C)(C)c8ccc(-c9ccc%10ccc%11cc(C(C)(C)C)cc%12ccc9c%10c%11%12)cc8)ccc6-7)cc5)cc4)c4c3c2C(=CC4)C1. The van der Waals surface area contributed by atoms with Crippen molar-refractivity contribution in [2.75, 3.05) is 0 Å². The van der Waals surface area contributed by atoms with Gasteiger partial charge >= 0.3 is 0 Å². The Morgan fingerprint density at radius 1 is 0.367 bits per heavy atom. The highest BCUT2D eigenvalue weighted by Crippen LogP contribution is 2.53. The van der Waals surface area contributed by atoms with E-state index in [1.807, 2.05) is 0 Å². The van der Waals surface area contributed by atoms with Gasteiger partial charge < -0.3 is 0 Å². The van der Waals surface area contributed by atoms with E-state index in [-0.39, 0.29) is 27.1 Å². The van der Waals surface area contributed by atoms with Crippen LogP contribution >= 0.6 is 0 Å². The lowest BCUT2D eigenvalue weighted by molar-refractivity contribution is 0.498. The van der Waals surface area contributed by atoms with E-state index < -0.39 is 0 Å². The van der Waals surface area contributed by atoms with Crippen molar-refractivity contribution >= 4 is 54.7 Å². The fourth-order valence-corrected chi connectivity index (χ4v) is 14.2. The summed E-state index contributed by atoms with van der Waals surface area (Å²) in [6.07, 6.45) is 7.00. The molecule has 0 aliphatic heterocycles. The minimum absolute atomic E-state index is 0.0937. The number of fused-ring (bicyclic) bond motifs is 3. The molecule has 0 saturated carbocycles. The number of rotatable bonds is 7. The van der Waals surface area contributed by atoms with Crippen molar-refractivity contribution in [2.24, 2.45) is 5.41 Å². The Bertz CT molecular complexity index is 4370. The molecule has 0 N–H and O–H groups in total. The molecule has 0 unspecified atom stereocenters. The summed E-state index contributed by atoms with van der Waals surface area (Å²) in [5, 5.41) is 10.8. The molecule has 388 valence electrons. The monoisotopic (exact) mass is 1020 g/mol. The topological polar surface area (TPSA) is 0 Å². The van der Waals surface area contributed by atoms with Gasteiger partial charge in [0.25, 0.3) is 0 Å². The molecule has 3 aliphatic carbocycles. The standard InChI is InChI=1S/C79H72/c1-75(2,3)61-41-53-19-17-51-25-35-63(67-37-27-55(43-61)71(53)73(51)67)49-15-13-47(14-16-49)48-21-29-57(30-22-48)77(7,8)59-33-39-65-66-40-34-60(46-70(66)79(11,12)69(65)45-59)78(9,10)58-31-23-50(24-32-58)64-36-26-52-18-20-54-42-62(76(4,5)6)44-56-28-38-68(64)74(52)72(54)56/h13-36,38-42,44-46H,37,43H2,1-12H3. The molecule has 0 spiro atoms. The third-order valence-corrected chi connectivity index (χ3v) is 19.5. The number of hydrogen-bond acceptors (Lipinski definition) is 0. The first-order valence-corrected chi connectivity index (χ1v) is 29.0. The van der Waals surface area contributed by atoms with E-state index in [2.05, 4.69) is 277 Å². The lowest BCUT2D eigenvalue weighted by atomic mass is 9.72. The lowest BCUT2D eigenvalue weighted by Crippen LogP contribution is -2.22. The molecule has 0 bridgehead atoms. The zero-order chi connectivity index (χ0) is 54.7. The molecule has 11 aromatic rings. The van der Waals surface area contributed by atoms with Crippen LogP contribution in [0.25, 0.3) is 99.2 Å². The van der Waals surface area contributed by atoms with E-state index in [0.717, 1.165) is 12.8 Å². The smallest absolute Gasteiger partial charge is 0.0159 e. The average molecular weight is 1020 g/mol.